The highest BCUT2D eigenvalue weighted by atomic mass is 32.2. The molecule has 0 N–H and O–H groups in total. The first-order valence-corrected chi connectivity index (χ1v) is 8.94. The predicted molar refractivity (Wildman–Crippen MR) is 79.2 cm³/mol. The largest absolute Gasteiger partial charge is 0.302 e. The molecule has 0 radical (unpaired) electrons. The standard InChI is InChI=1S/C15H23NO2S/c1-3-10-16-11-9-14(13-7-5-4-6-8-13)15(12-16)19(2,17)18/h4-8,14-15H,3,9-12H2,1-2H3/t14-,15-/m1/s1. The van der Waals surface area contributed by atoms with E-state index in [1.807, 2.05) is 18.2 Å². The minimum Gasteiger partial charge on any atom is -0.302 e. The Morgan fingerprint density at radius 2 is 1.95 bits per heavy atom. The molecule has 0 bridgehead atoms. The SMILES string of the molecule is CCCN1CC[C@H](c2ccccc2)[C@H](S(C)(=O)=O)C1. The maximum atomic E-state index is 12.1. The molecule has 4 heteroatoms. The van der Waals surface area contributed by atoms with Gasteiger partial charge in [-0.3, -0.25) is 0 Å². The second-order valence-corrected chi connectivity index (χ2v) is 7.74. The van der Waals surface area contributed by atoms with Gasteiger partial charge in [-0.1, -0.05) is 37.3 Å². The molecule has 0 unspecified atom stereocenters. The van der Waals surface area contributed by atoms with Gasteiger partial charge in [0, 0.05) is 18.7 Å². The number of nitrogens with zero attached hydrogens (tertiary/aromatic N) is 1. The first-order chi connectivity index (χ1) is 9.02. The summed E-state index contributed by atoms with van der Waals surface area (Å²) in [6, 6.07) is 10.1. The van der Waals surface area contributed by atoms with Crippen molar-refractivity contribution in [3.05, 3.63) is 35.9 Å². The Kier molecular flexibility index (Phi) is 4.63. The Morgan fingerprint density at radius 1 is 1.26 bits per heavy atom. The molecule has 0 amide bonds. The second-order valence-electron chi connectivity index (χ2n) is 5.47. The Morgan fingerprint density at radius 3 is 2.53 bits per heavy atom. The lowest BCUT2D eigenvalue weighted by molar-refractivity contribution is 0.215. The molecular formula is C15H23NO2S. The Hall–Kier alpha value is -0.870. The van der Waals surface area contributed by atoms with E-state index in [0.29, 0.717) is 6.54 Å². The van der Waals surface area contributed by atoms with E-state index in [-0.39, 0.29) is 11.2 Å². The molecule has 1 aromatic rings. The van der Waals surface area contributed by atoms with Gasteiger partial charge in [-0.05, 0) is 31.5 Å². The molecule has 2 rings (SSSR count). The van der Waals surface area contributed by atoms with Crippen molar-refractivity contribution in [3.8, 4) is 0 Å². The molecular weight excluding hydrogens is 258 g/mol. The van der Waals surface area contributed by atoms with Crippen LogP contribution in [0.4, 0.5) is 0 Å². The fourth-order valence-electron chi connectivity index (χ4n) is 3.02. The van der Waals surface area contributed by atoms with Gasteiger partial charge >= 0.3 is 0 Å². The topological polar surface area (TPSA) is 37.4 Å². The zero-order chi connectivity index (χ0) is 13.9. The first-order valence-electron chi connectivity index (χ1n) is 6.98. The van der Waals surface area contributed by atoms with Gasteiger partial charge in [-0.2, -0.15) is 0 Å². The molecule has 2 atom stereocenters. The van der Waals surface area contributed by atoms with E-state index in [4.69, 9.17) is 0 Å². The van der Waals surface area contributed by atoms with Crippen LogP contribution in [0, 0.1) is 0 Å². The lowest BCUT2D eigenvalue weighted by atomic mass is 9.89. The summed E-state index contributed by atoms with van der Waals surface area (Å²) < 4.78 is 24.2. The summed E-state index contributed by atoms with van der Waals surface area (Å²) >= 11 is 0. The summed E-state index contributed by atoms with van der Waals surface area (Å²) in [6.07, 6.45) is 3.39. The summed E-state index contributed by atoms with van der Waals surface area (Å²) in [7, 11) is -3.02. The summed E-state index contributed by atoms with van der Waals surface area (Å²) in [5.74, 6) is 0.143. The highest BCUT2D eigenvalue weighted by molar-refractivity contribution is 7.91. The zero-order valence-electron chi connectivity index (χ0n) is 11.7. The molecule has 1 heterocycles. The molecule has 1 aliphatic heterocycles. The summed E-state index contributed by atoms with van der Waals surface area (Å²) in [5.41, 5.74) is 1.16. The lowest BCUT2D eigenvalue weighted by Gasteiger charge is -2.37. The van der Waals surface area contributed by atoms with Crippen molar-refractivity contribution in [2.45, 2.75) is 30.9 Å². The van der Waals surface area contributed by atoms with Crippen molar-refractivity contribution in [2.75, 3.05) is 25.9 Å². The van der Waals surface area contributed by atoms with Crippen molar-refractivity contribution in [1.29, 1.82) is 0 Å². The minimum atomic E-state index is -3.02. The van der Waals surface area contributed by atoms with Crippen molar-refractivity contribution in [3.63, 3.8) is 0 Å². The normalized spacial score (nSPS) is 25.4. The van der Waals surface area contributed by atoms with Gasteiger partial charge in [0.1, 0.15) is 0 Å². The van der Waals surface area contributed by atoms with E-state index < -0.39 is 9.84 Å². The fraction of sp³-hybridized carbons (Fsp3) is 0.600. The lowest BCUT2D eigenvalue weighted by Crippen LogP contribution is -2.46. The average molecular weight is 281 g/mol. The Bertz CT molecular complexity index is 498. The van der Waals surface area contributed by atoms with Gasteiger partial charge in [0.2, 0.25) is 0 Å². The van der Waals surface area contributed by atoms with E-state index >= 15 is 0 Å². The van der Waals surface area contributed by atoms with Crippen LogP contribution in [0.15, 0.2) is 30.3 Å². The van der Waals surface area contributed by atoms with E-state index in [1.54, 1.807) is 0 Å². The number of piperidine rings is 1. The van der Waals surface area contributed by atoms with Crippen LogP contribution in [0.2, 0.25) is 0 Å². The molecule has 0 aromatic heterocycles. The van der Waals surface area contributed by atoms with Gasteiger partial charge in [-0.15, -0.1) is 0 Å². The first kappa shape index (κ1) is 14.5. The van der Waals surface area contributed by atoms with Crippen LogP contribution >= 0.6 is 0 Å². The predicted octanol–water partition coefficient (Wildman–Crippen LogP) is 2.30. The number of rotatable bonds is 4. The molecule has 0 spiro atoms. The van der Waals surface area contributed by atoms with E-state index in [2.05, 4.69) is 24.0 Å². The number of benzene rings is 1. The molecule has 0 saturated carbocycles. The van der Waals surface area contributed by atoms with Crippen LogP contribution in [0.5, 0.6) is 0 Å². The average Bonchev–Trinajstić information content (AvgIpc) is 2.39. The van der Waals surface area contributed by atoms with Crippen LogP contribution < -0.4 is 0 Å². The van der Waals surface area contributed by atoms with Crippen LogP contribution in [0.1, 0.15) is 31.2 Å². The number of hydrogen-bond acceptors (Lipinski definition) is 3. The number of hydrogen-bond donors (Lipinski definition) is 0. The molecule has 19 heavy (non-hydrogen) atoms. The zero-order valence-corrected chi connectivity index (χ0v) is 12.6. The maximum absolute atomic E-state index is 12.1. The molecule has 1 saturated heterocycles. The maximum Gasteiger partial charge on any atom is 0.152 e. The van der Waals surface area contributed by atoms with Crippen molar-refractivity contribution in [2.24, 2.45) is 0 Å². The van der Waals surface area contributed by atoms with Gasteiger partial charge in [-0.25, -0.2) is 8.42 Å². The monoisotopic (exact) mass is 281 g/mol. The quantitative estimate of drug-likeness (QED) is 0.850. The number of likely N-dealkylation sites (tertiary alicyclic amines) is 1. The van der Waals surface area contributed by atoms with E-state index in [9.17, 15) is 8.42 Å². The highest BCUT2D eigenvalue weighted by Gasteiger charge is 2.36. The fourth-order valence-corrected chi connectivity index (χ4v) is 4.39. The molecule has 0 aliphatic carbocycles. The molecule has 106 valence electrons. The third kappa shape index (κ3) is 3.57. The van der Waals surface area contributed by atoms with Crippen LogP contribution in [-0.2, 0) is 9.84 Å². The van der Waals surface area contributed by atoms with Crippen LogP contribution in [0.3, 0.4) is 0 Å². The molecule has 1 fully saturated rings. The van der Waals surface area contributed by atoms with Gasteiger partial charge in [0.25, 0.3) is 0 Å². The molecule has 1 aromatic carbocycles. The van der Waals surface area contributed by atoms with Crippen molar-refractivity contribution >= 4 is 9.84 Å². The van der Waals surface area contributed by atoms with Gasteiger partial charge in [0.05, 0.1) is 5.25 Å². The van der Waals surface area contributed by atoms with Crippen LogP contribution in [-0.4, -0.2) is 44.5 Å². The number of sulfone groups is 1. The minimum absolute atomic E-state index is 0.143. The third-order valence-corrected chi connectivity index (χ3v) is 5.54. The third-order valence-electron chi connectivity index (χ3n) is 3.96. The Balaban J connectivity index is 2.24. The van der Waals surface area contributed by atoms with Crippen molar-refractivity contribution < 1.29 is 8.42 Å². The van der Waals surface area contributed by atoms with E-state index in [1.165, 1.54) is 6.26 Å². The molecule has 1 aliphatic rings. The van der Waals surface area contributed by atoms with E-state index in [0.717, 1.165) is 31.5 Å². The summed E-state index contributed by atoms with van der Waals surface area (Å²) in [4.78, 5) is 2.28. The van der Waals surface area contributed by atoms with Crippen molar-refractivity contribution in [1.82, 2.24) is 4.90 Å². The smallest absolute Gasteiger partial charge is 0.152 e. The Labute approximate surface area is 116 Å². The second kappa shape index (κ2) is 6.06. The molecule has 3 nitrogen and oxygen atoms in total. The van der Waals surface area contributed by atoms with Crippen LogP contribution in [0.25, 0.3) is 0 Å². The van der Waals surface area contributed by atoms with Gasteiger partial charge < -0.3 is 4.90 Å². The summed E-state index contributed by atoms with van der Waals surface area (Å²) in [5, 5.41) is -0.268. The summed E-state index contributed by atoms with van der Waals surface area (Å²) in [6.45, 7) is 4.80. The van der Waals surface area contributed by atoms with Gasteiger partial charge in [0.15, 0.2) is 9.84 Å². The highest BCUT2D eigenvalue weighted by Crippen LogP contribution is 2.32.